The zero-order valence-corrected chi connectivity index (χ0v) is 13.7. The number of allylic oxidation sites excluding steroid dienone is 1. The number of carbonyl (C=O) groups excluding carboxylic acids is 1. The predicted molar refractivity (Wildman–Crippen MR) is 94.3 cm³/mol. The fraction of sp³-hybridized carbons (Fsp3) is 0.263. The Labute approximate surface area is 146 Å². The summed E-state index contributed by atoms with van der Waals surface area (Å²) in [5.74, 6) is -0.151. The maximum Gasteiger partial charge on any atom is 0.258 e. The Morgan fingerprint density at radius 2 is 2.08 bits per heavy atom. The summed E-state index contributed by atoms with van der Waals surface area (Å²) in [4.78, 5) is 14.7. The van der Waals surface area contributed by atoms with Gasteiger partial charge in [0.2, 0.25) is 0 Å². The van der Waals surface area contributed by atoms with Crippen LogP contribution in [0.1, 0.15) is 11.1 Å². The van der Waals surface area contributed by atoms with Crippen molar-refractivity contribution in [2.75, 3.05) is 38.2 Å². The number of nitrogens with zero attached hydrogens (tertiary/aromatic N) is 2. The first-order chi connectivity index (χ1) is 12.2. The summed E-state index contributed by atoms with van der Waals surface area (Å²) in [6.45, 7) is 4.28. The Morgan fingerprint density at radius 3 is 2.80 bits per heavy atom. The van der Waals surface area contributed by atoms with E-state index in [0.717, 1.165) is 55.4 Å². The van der Waals surface area contributed by atoms with Crippen molar-refractivity contribution in [1.29, 1.82) is 5.26 Å². The molecule has 1 saturated heterocycles. The second-order valence-electron chi connectivity index (χ2n) is 6.20. The molecular weight excluding hydrogens is 316 g/mol. The van der Waals surface area contributed by atoms with Gasteiger partial charge in [0.15, 0.2) is 0 Å². The number of carbonyl (C=O) groups is 1. The van der Waals surface area contributed by atoms with E-state index >= 15 is 0 Å². The molecule has 0 unspecified atom stereocenters. The Bertz CT molecular complexity index is 855. The summed E-state index contributed by atoms with van der Waals surface area (Å²) in [5.41, 5.74) is 4.53. The first-order valence-electron chi connectivity index (χ1n) is 8.28. The normalized spacial score (nSPS) is 22.7. The van der Waals surface area contributed by atoms with Gasteiger partial charge in [-0.3, -0.25) is 9.69 Å². The first-order valence-corrected chi connectivity index (χ1v) is 8.28. The van der Waals surface area contributed by atoms with E-state index in [1.54, 1.807) is 18.2 Å². The van der Waals surface area contributed by atoms with Crippen LogP contribution in [0.5, 0.6) is 0 Å². The van der Waals surface area contributed by atoms with Crippen molar-refractivity contribution >= 4 is 17.2 Å². The standard InChI is InChI=1S/C19H18N4O2/c20-10-13-1-3-16-15(9-13)18(19(24)22-16)17-4-2-14(11-21-17)12-23-5-7-25-8-6-23/h1-4,9,11,21H,5-8,12H2,(H,22,24)/b18-17-. The molecule has 4 rings (SSSR count). The Hall–Kier alpha value is -2.88. The molecule has 0 bridgehead atoms. The number of rotatable bonds is 2. The monoisotopic (exact) mass is 334 g/mol. The van der Waals surface area contributed by atoms with Crippen molar-refractivity contribution in [2.24, 2.45) is 0 Å². The van der Waals surface area contributed by atoms with Crippen LogP contribution in [0.3, 0.4) is 0 Å². The fourth-order valence-electron chi connectivity index (χ4n) is 3.23. The zero-order valence-electron chi connectivity index (χ0n) is 13.7. The number of benzene rings is 1. The van der Waals surface area contributed by atoms with Crippen molar-refractivity contribution in [3.63, 3.8) is 0 Å². The number of nitrogens with one attached hydrogen (secondary N) is 2. The molecule has 6 nitrogen and oxygen atoms in total. The molecule has 0 aromatic heterocycles. The molecule has 0 saturated carbocycles. The second kappa shape index (κ2) is 6.55. The lowest BCUT2D eigenvalue weighted by Crippen LogP contribution is -2.37. The number of amides is 1. The van der Waals surface area contributed by atoms with E-state index < -0.39 is 0 Å². The lowest BCUT2D eigenvalue weighted by molar-refractivity contribution is -0.110. The lowest BCUT2D eigenvalue weighted by atomic mass is 10.0. The summed E-state index contributed by atoms with van der Waals surface area (Å²) < 4.78 is 5.37. The van der Waals surface area contributed by atoms with E-state index in [9.17, 15) is 4.79 Å². The summed E-state index contributed by atoms with van der Waals surface area (Å²) >= 11 is 0. The molecule has 0 aliphatic carbocycles. The van der Waals surface area contributed by atoms with E-state index in [1.807, 2.05) is 18.4 Å². The number of ether oxygens (including phenoxy) is 1. The van der Waals surface area contributed by atoms with Crippen molar-refractivity contribution in [3.8, 4) is 6.07 Å². The number of dihydropyridines is 1. The molecule has 0 spiro atoms. The van der Waals surface area contributed by atoms with Gasteiger partial charge in [-0.05, 0) is 29.8 Å². The van der Waals surface area contributed by atoms with E-state index in [0.29, 0.717) is 11.1 Å². The van der Waals surface area contributed by atoms with Crippen LogP contribution < -0.4 is 10.6 Å². The number of fused-ring (bicyclic) bond motifs is 1. The molecule has 2 N–H and O–H groups in total. The van der Waals surface area contributed by atoms with Crippen LogP contribution in [-0.4, -0.2) is 43.7 Å². The third-order valence-corrected chi connectivity index (χ3v) is 4.55. The van der Waals surface area contributed by atoms with Gasteiger partial charge in [0.25, 0.3) is 5.91 Å². The van der Waals surface area contributed by atoms with Gasteiger partial charge in [-0.25, -0.2) is 0 Å². The number of hydrogen-bond donors (Lipinski definition) is 2. The summed E-state index contributed by atoms with van der Waals surface area (Å²) in [5, 5.41) is 15.2. The van der Waals surface area contributed by atoms with Crippen LogP contribution >= 0.6 is 0 Å². The second-order valence-corrected chi connectivity index (χ2v) is 6.20. The van der Waals surface area contributed by atoms with Crippen LogP contribution in [0.4, 0.5) is 5.69 Å². The van der Waals surface area contributed by atoms with Crippen molar-refractivity contribution in [1.82, 2.24) is 10.2 Å². The third-order valence-electron chi connectivity index (χ3n) is 4.55. The molecule has 3 aliphatic rings. The fourth-order valence-corrected chi connectivity index (χ4v) is 3.23. The van der Waals surface area contributed by atoms with Gasteiger partial charge in [0, 0.05) is 37.1 Å². The van der Waals surface area contributed by atoms with Gasteiger partial charge >= 0.3 is 0 Å². The molecule has 1 fully saturated rings. The van der Waals surface area contributed by atoms with Gasteiger partial charge < -0.3 is 15.4 Å². The number of nitriles is 1. The summed E-state index contributed by atoms with van der Waals surface area (Å²) in [6, 6.07) is 7.34. The zero-order chi connectivity index (χ0) is 17.2. The molecule has 1 amide bonds. The maximum atomic E-state index is 12.4. The van der Waals surface area contributed by atoms with Crippen molar-refractivity contribution < 1.29 is 9.53 Å². The predicted octanol–water partition coefficient (Wildman–Crippen LogP) is 1.60. The maximum absolute atomic E-state index is 12.4. The molecule has 3 heterocycles. The Balaban J connectivity index is 1.56. The van der Waals surface area contributed by atoms with Gasteiger partial charge in [-0.1, -0.05) is 6.08 Å². The van der Waals surface area contributed by atoms with E-state index in [1.165, 1.54) is 0 Å². The molecular formula is C19H18N4O2. The number of morpholine rings is 1. The topological polar surface area (TPSA) is 77.4 Å². The average molecular weight is 334 g/mol. The van der Waals surface area contributed by atoms with Crippen molar-refractivity contribution in [3.05, 3.63) is 58.9 Å². The van der Waals surface area contributed by atoms with Gasteiger partial charge in [-0.2, -0.15) is 5.26 Å². The molecule has 1 aromatic rings. The molecule has 0 atom stereocenters. The first kappa shape index (κ1) is 15.6. The highest BCUT2D eigenvalue weighted by Crippen LogP contribution is 2.34. The number of anilines is 1. The van der Waals surface area contributed by atoms with Crippen LogP contribution in [0.15, 0.2) is 47.8 Å². The molecule has 0 radical (unpaired) electrons. The minimum Gasteiger partial charge on any atom is -0.379 e. The molecule has 3 aliphatic heterocycles. The largest absolute Gasteiger partial charge is 0.379 e. The third kappa shape index (κ3) is 3.07. The van der Waals surface area contributed by atoms with E-state index in [-0.39, 0.29) is 5.91 Å². The molecule has 6 heteroatoms. The highest BCUT2D eigenvalue weighted by molar-refractivity contribution is 6.32. The Kier molecular flexibility index (Phi) is 4.10. The lowest BCUT2D eigenvalue weighted by Gasteiger charge is -2.27. The summed E-state index contributed by atoms with van der Waals surface area (Å²) in [7, 11) is 0. The SMILES string of the molecule is N#Cc1ccc2c(c1)/C(=C1\C=CC(CN3CCOCC3)=CN1)C(=O)N2. The number of hydrogen-bond acceptors (Lipinski definition) is 5. The van der Waals surface area contributed by atoms with E-state index in [4.69, 9.17) is 10.00 Å². The summed E-state index contributed by atoms with van der Waals surface area (Å²) in [6.07, 6.45) is 5.91. The highest BCUT2D eigenvalue weighted by Gasteiger charge is 2.27. The van der Waals surface area contributed by atoms with Crippen LogP contribution in [-0.2, 0) is 9.53 Å². The van der Waals surface area contributed by atoms with Crippen LogP contribution in [0.25, 0.3) is 5.57 Å². The Morgan fingerprint density at radius 1 is 1.24 bits per heavy atom. The quantitative estimate of drug-likeness (QED) is 0.803. The molecule has 126 valence electrons. The minimum atomic E-state index is -0.151. The van der Waals surface area contributed by atoms with Crippen LogP contribution in [0, 0.1) is 11.3 Å². The van der Waals surface area contributed by atoms with Crippen molar-refractivity contribution in [2.45, 2.75) is 0 Å². The highest BCUT2D eigenvalue weighted by atomic mass is 16.5. The molecule has 25 heavy (non-hydrogen) atoms. The van der Waals surface area contributed by atoms with Gasteiger partial charge in [0.05, 0.1) is 36.1 Å². The van der Waals surface area contributed by atoms with Gasteiger partial charge in [0.1, 0.15) is 0 Å². The van der Waals surface area contributed by atoms with Crippen LogP contribution in [0.2, 0.25) is 0 Å². The van der Waals surface area contributed by atoms with Gasteiger partial charge in [-0.15, -0.1) is 0 Å². The smallest absolute Gasteiger partial charge is 0.258 e. The molecule has 1 aromatic carbocycles. The average Bonchev–Trinajstić information content (AvgIpc) is 2.98. The van der Waals surface area contributed by atoms with E-state index in [2.05, 4.69) is 21.6 Å². The minimum absolute atomic E-state index is 0.151.